The van der Waals surface area contributed by atoms with Gasteiger partial charge in [-0.1, -0.05) is 0 Å². The number of aliphatic hydroxyl groups is 1. The van der Waals surface area contributed by atoms with Gasteiger partial charge < -0.3 is 14.7 Å². The van der Waals surface area contributed by atoms with Crippen LogP contribution in [0.25, 0.3) is 0 Å². The monoisotopic (exact) mass is 171 g/mol. The van der Waals surface area contributed by atoms with E-state index in [1.807, 2.05) is 0 Å². The number of aliphatic hydroxyl groups excluding tert-OH is 1. The summed E-state index contributed by atoms with van der Waals surface area (Å²) in [5, 5.41) is 9.72. The highest BCUT2D eigenvalue weighted by Crippen LogP contribution is 2.27. The Morgan fingerprint density at radius 2 is 2.25 bits per heavy atom. The van der Waals surface area contributed by atoms with Gasteiger partial charge in [0.05, 0.1) is 12.2 Å². The van der Waals surface area contributed by atoms with Crippen molar-refractivity contribution in [1.82, 2.24) is 4.90 Å². The van der Waals surface area contributed by atoms with E-state index in [1.54, 1.807) is 0 Å². The van der Waals surface area contributed by atoms with Crippen molar-refractivity contribution < 1.29 is 9.84 Å². The first-order valence-corrected chi connectivity index (χ1v) is 4.75. The van der Waals surface area contributed by atoms with Gasteiger partial charge in [-0.25, -0.2) is 0 Å². The number of nitrogens with zero attached hydrogens (tertiary/aromatic N) is 1. The summed E-state index contributed by atoms with van der Waals surface area (Å²) in [6.45, 7) is 2.84. The van der Waals surface area contributed by atoms with Crippen LogP contribution in [0.4, 0.5) is 0 Å². The van der Waals surface area contributed by atoms with E-state index in [4.69, 9.17) is 4.74 Å². The number of hydrogen-bond donors (Lipinski definition) is 1. The SMILES string of the molecule is CN1CCC2OCCC(O)C2C1. The van der Waals surface area contributed by atoms with Gasteiger partial charge in [-0.3, -0.25) is 0 Å². The van der Waals surface area contributed by atoms with Crippen molar-refractivity contribution in [3.63, 3.8) is 0 Å². The second kappa shape index (κ2) is 3.32. The van der Waals surface area contributed by atoms with Crippen LogP contribution < -0.4 is 0 Å². The summed E-state index contributed by atoms with van der Waals surface area (Å²) in [6.07, 6.45) is 2.09. The zero-order valence-corrected chi connectivity index (χ0v) is 7.57. The van der Waals surface area contributed by atoms with Crippen LogP contribution in [-0.4, -0.2) is 49.0 Å². The van der Waals surface area contributed by atoms with Crippen LogP contribution in [0.1, 0.15) is 12.8 Å². The lowest BCUT2D eigenvalue weighted by atomic mass is 9.86. The Balaban J connectivity index is 2.00. The average molecular weight is 171 g/mol. The van der Waals surface area contributed by atoms with Crippen molar-refractivity contribution >= 4 is 0 Å². The smallest absolute Gasteiger partial charge is 0.0652 e. The Morgan fingerprint density at radius 1 is 1.42 bits per heavy atom. The van der Waals surface area contributed by atoms with Crippen molar-refractivity contribution in [2.45, 2.75) is 25.0 Å². The molecule has 0 saturated carbocycles. The molecule has 2 rings (SSSR count). The van der Waals surface area contributed by atoms with Crippen LogP contribution in [0, 0.1) is 5.92 Å². The average Bonchev–Trinajstić information content (AvgIpc) is 2.07. The highest BCUT2D eigenvalue weighted by Gasteiger charge is 2.36. The van der Waals surface area contributed by atoms with Gasteiger partial charge >= 0.3 is 0 Å². The number of ether oxygens (including phenoxy) is 1. The first kappa shape index (κ1) is 8.48. The number of hydrogen-bond acceptors (Lipinski definition) is 3. The van der Waals surface area contributed by atoms with E-state index in [-0.39, 0.29) is 6.10 Å². The molecule has 0 aromatic carbocycles. The molecule has 70 valence electrons. The van der Waals surface area contributed by atoms with E-state index in [2.05, 4.69) is 11.9 Å². The summed E-state index contributed by atoms with van der Waals surface area (Å²) in [7, 11) is 2.11. The molecule has 3 nitrogen and oxygen atoms in total. The van der Waals surface area contributed by atoms with E-state index in [0.29, 0.717) is 12.0 Å². The standard InChI is InChI=1S/C9H17NO2/c1-10-4-2-9-7(6-10)8(11)3-5-12-9/h7-9,11H,2-6H2,1H3. The molecule has 2 fully saturated rings. The van der Waals surface area contributed by atoms with E-state index >= 15 is 0 Å². The molecule has 0 aliphatic carbocycles. The fourth-order valence-electron chi connectivity index (χ4n) is 2.26. The van der Waals surface area contributed by atoms with Gasteiger partial charge in [0.25, 0.3) is 0 Å². The van der Waals surface area contributed by atoms with Crippen molar-refractivity contribution in [3.8, 4) is 0 Å². The maximum absolute atomic E-state index is 9.72. The molecule has 2 aliphatic rings. The molecule has 0 radical (unpaired) electrons. The molecule has 0 amide bonds. The number of fused-ring (bicyclic) bond motifs is 1. The predicted octanol–water partition coefficient (Wildman–Crippen LogP) is 0.0879. The zero-order valence-electron chi connectivity index (χ0n) is 7.57. The summed E-state index contributed by atoms with van der Waals surface area (Å²) in [5.74, 6) is 0.359. The molecule has 0 aromatic heterocycles. The predicted molar refractivity (Wildman–Crippen MR) is 46.0 cm³/mol. The van der Waals surface area contributed by atoms with E-state index in [0.717, 1.165) is 32.5 Å². The number of rotatable bonds is 0. The molecule has 3 unspecified atom stereocenters. The van der Waals surface area contributed by atoms with Gasteiger partial charge in [-0.15, -0.1) is 0 Å². The summed E-state index contributed by atoms with van der Waals surface area (Å²) in [4.78, 5) is 2.28. The van der Waals surface area contributed by atoms with Crippen molar-refractivity contribution in [2.75, 3.05) is 26.7 Å². The summed E-state index contributed by atoms with van der Waals surface area (Å²) in [6, 6.07) is 0. The maximum atomic E-state index is 9.72. The molecule has 2 aliphatic heterocycles. The molecule has 3 atom stereocenters. The third kappa shape index (κ3) is 1.49. The Hall–Kier alpha value is -0.120. The Morgan fingerprint density at radius 3 is 3.08 bits per heavy atom. The van der Waals surface area contributed by atoms with Crippen molar-refractivity contribution in [2.24, 2.45) is 5.92 Å². The third-order valence-corrected chi connectivity index (χ3v) is 3.04. The van der Waals surface area contributed by atoms with E-state index < -0.39 is 0 Å². The van der Waals surface area contributed by atoms with Crippen molar-refractivity contribution in [1.29, 1.82) is 0 Å². The van der Waals surface area contributed by atoms with Crippen LogP contribution in [0.5, 0.6) is 0 Å². The molecule has 0 spiro atoms. The molecule has 0 aromatic rings. The van der Waals surface area contributed by atoms with Crippen LogP contribution in [-0.2, 0) is 4.74 Å². The van der Waals surface area contributed by atoms with Gasteiger partial charge in [-0.05, 0) is 19.9 Å². The topological polar surface area (TPSA) is 32.7 Å². The molecule has 0 bridgehead atoms. The summed E-state index contributed by atoms with van der Waals surface area (Å²) < 4.78 is 5.61. The van der Waals surface area contributed by atoms with Crippen LogP contribution in [0.2, 0.25) is 0 Å². The number of piperidine rings is 1. The Labute approximate surface area is 73.3 Å². The summed E-state index contributed by atoms with van der Waals surface area (Å²) >= 11 is 0. The Bertz CT molecular complexity index is 163. The minimum absolute atomic E-state index is 0.133. The first-order chi connectivity index (χ1) is 5.77. The molecule has 12 heavy (non-hydrogen) atoms. The molecule has 3 heteroatoms. The van der Waals surface area contributed by atoms with Gasteiger partial charge in [0, 0.05) is 25.6 Å². The normalized spacial score (nSPS) is 44.0. The maximum Gasteiger partial charge on any atom is 0.0652 e. The molecule has 2 saturated heterocycles. The highest BCUT2D eigenvalue weighted by atomic mass is 16.5. The van der Waals surface area contributed by atoms with Gasteiger partial charge in [0.2, 0.25) is 0 Å². The molecule has 1 N–H and O–H groups in total. The lowest BCUT2D eigenvalue weighted by Crippen LogP contribution is -2.50. The van der Waals surface area contributed by atoms with E-state index in [9.17, 15) is 5.11 Å². The minimum atomic E-state index is -0.133. The molecule has 2 heterocycles. The second-order valence-electron chi connectivity index (χ2n) is 3.98. The lowest BCUT2D eigenvalue weighted by molar-refractivity contribution is -0.118. The fourth-order valence-corrected chi connectivity index (χ4v) is 2.26. The zero-order chi connectivity index (χ0) is 8.55. The summed E-state index contributed by atoms with van der Waals surface area (Å²) in [5.41, 5.74) is 0. The second-order valence-corrected chi connectivity index (χ2v) is 3.98. The van der Waals surface area contributed by atoms with Crippen molar-refractivity contribution in [3.05, 3.63) is 0 Å². The van der Waals surface area contributed by atoms with Crippen LogP contribution >= 0.6 is 0 Å². The largest absolute Gasteiger partial charge is 0.393 e. The third-order valence-electron chi connectivity index (χ3n) is 3.04. The van der Waals surface area contributed by atoms with E-state index in [1.165, 1.54) is 0 Å². The minimum Gasteiger partial charge on any atom is -0.393 e. The van der Waals surface area contributed by atoms with Crippen LogP contribution in [0.15, 0.2) is 0 Å². The highest BCUT2D eigenvalue weighted by molar-refractivity contribution is 4.87. The quantitative estimate of drug-likeness (QED) is 0.560. The van der Waals surface area contributed by atoms with Gasteiger partial charge in [-0.2, -0.15) is 0 Å². The molecular formula is C9H17NO2. The Kier molecular flexibility index (Phi) is 2.35. The van der Waals surface area contributed by atoms with Crippen LogP contribution in [0.3, 0.4) is 0 Å². The first-order valence-electron chi connectivity index (χ1n) is 4.75. The van der Waals surface area contributed by atoms with Gasteiger partial charge in [0.1, 0.15) is 0 Å². The molecular weight excluding hydrogens is 154 g/mol. The van der Waals surface area contributed by atoms with Gasteiger partial charge in [0.15, 0.2) is 0 Å². The number of likely N-dealkylation sites (tertiary alicyclic amines) is 1. The lowest BCUT2D eigenvalue weighted by Gasteiger charge is -2.42. The fraction of sp³-hybridized carbons (Fsp3) is 1.00.